The zero-order chi connectivity index (χ0) is 20.5. The second-order valence-corrected chi connectivity index (χ2v) is 6.76. The lowest BCUT2D eigenvalue weighted by Gasteiger charge is -2.07. The molecule has 4 aromatic heterocycles. The topological polar surface area (TPSA) is 103 Å². The number of rotatable bonds is 4. The first kappa shape index (κ1) is 18.0. The van der Waals surface area contributed by atoms with Gasteiger partial charge in [-0.05, 0) is 6.07 Å². The predicted octanol–water partition coefficient (Wildman–Crippen LogP) is 3.30. The van der Waals surface area contributed by atoms with Crippen LogP contribution in [0.4, 0.5) is 5.69 Å². The highest BCUT2D eigenvalue weighted by Crippen LogP contribution is 2.22. The van der Waals surface area contributed by atoms with Crippen LogP contribution in [-0.2, 0) is 0 Å². The lowest BCUT2D eigenvalue weighted by Crippen LogP contribution is -2.12. The van der Waals surface area contributed by atoms with Crippen molar-refractivity contribution in [2.75, 3.05) is 5.32 Å². The van der Waals surface area contributed by atoms with Gasteiger partial charge in [-0.3, -0.25) is 9.78 Å². The zero-order valence-corrected chi connectivity index (χ0v) is 16.1. The van der Waals surface area contributed by atoms with Crippen molar-refractivity contribution >= 4 is 34.0 Å². The Morgan fingerprint density at radius 1 is 1.00 bits per heavy atom. The normalized spacial score (nSPS) is 11.0. The van der Waals surface area contributed by atoms with Crippen molar-refractivity contribution in [3.8, 4) is 11.5 Å². The number of aromatic nitrogens is 7. The Balaban J connectivity index is 1.39. The summed E-state index contributed by atoms with van der Waals surface area (Å²) in [4.78, 5) is 22.4. The van der Waals surface area contributed by atoms with Gasteiger partial charge in [-0.15, -0.1) is 4.80 Å². The van der Waals surface area contributed by atoms with Gasteiger partial charge in [0.25, 0.3) is 5.91 Å². The van der Waals surface area contributed by atoms with Crippen LogP contribution in [0.25, 0.3) is 22.3 Å². The van der Waals surface area contributed by atoms with E-state index < -0.39 is 0 Å². The average molecular weight is 417 g/mol. The molecule has 1 N–H and O–H groups in total. The first-order valence-corrected chi connectivity index (χ1v) is 9.28. The van der Waals surface area contributed by atoms with E-state index in [0.717, 1.165) is 16.5 Å². The molecular formula is C20H13ClN8O. The standard InChI is InChI=1S/C20H13ClN8O/c21-17-7-15(10-23-19(17)29-24-5-6-25-29)27-20(30)14-9-26-28(12-14)18-11-22-8-13-3-1-2-4-16(13)18/h1-12H,(H,27,30). The first-order valence-electron chi connectivity index (χ1n) is 8.90. The van der Waals surface area contributed by atoms with Crippen molar-refractivity contribution in [1.29, 1.82) is 0 Å². The van der Waals surface area contributed by atoms with Gasteiger partial charge < -0.3 is 5.32 Å². The number of benzene rings is 1. The van der Waals surface area contributed by atoms with Crippen molar-refractivity contribution in [3.63, 3.8) is 0 Å². The maximum absolute atomic E-state index is 12.7. The summed E-state index contributed by atoms with van der Waals surface area (Å²) < 4.78 is 1.63. The molecule has 5 aromatic rings. The molecule has 0 bridgehead atoms. The van der Waals surface area contributed by atoms with Crippen molar-refractivity contribution in [2.24, 2.45) is 0 Å². The Kier molecular flexibility index (Phi) is 4.41. The van der Waals surface area contributed by atoms with E-state index in [1.54, 1.807) is 29.3 Å². The molecule has 0 aliphatic heterocycles. The lowest BCUT2D eigenvalue weighted by molar-refractivity contribution is 0.102. The van der Waals surface area contributed by atoms with Crippen molar-refractivity contribution in [1.82, 2.24) is 34.7 Å². The van der Waals surface area contributed by atoms with Crippen LogP contribution < -0.4 is 5.32 Å². The van der Waals surface area contributed by atoms with Crippen molar-refractivity contribution in [2.45, 2.75) is 0 Å². The number of hydrogen-bond acceptors (Lipinski definition) is 6. The number of carbonyl (C=O) groups is 1. The summed E-state index contributed by atoms with van der Waals surface area (Å²) in [7, 11) is 0. The maximum Gasteiger partial charge on any atom is 0.258 e. The van der Waals surface area contributed by atoms with Crippen LogP contribution in [0.5, 0.6) is 0 Å². The number of anilines is 1. The van der Waals surface area contributed by atoms with Gasteiger partial charge in [-0.2, -0.15) is 15.3 Å². The molecule has 0 spiro atoms. The molecule has 146 valence electrons. The van der Waals surface area contributed by atoms with Crippen LogP contribution in [0.1, 0.15) is 10.4 Å². The molecule has 9 nitrogen and oxygen atoms in total. The fourth-order valence-electron chi connectivity index (χ4n) is 3.03. The minimum absolute atomic E-state index is 0.307. The summed E-state index contributed by atoms with van der Waals surface area (Å²) in [5, 5.41) is 17.4. The summed E-state index contributed by atoms with van der Waals surface area (Å²) >= 11 is 6.25. The van der Waals surface area contributed by atoms with E-state index in [4.69, 9.17) is 11.6 Å². The van der Waals surface area contributed by atoms with Gasteiger partial charge in [0.05, 0.1) is 52.9 Å². The molecule has 0 aliphatic rings. The molecule has 0 aliphatic carbocycles. The fourth-order valence-corrected chi connectivity index (χ4v) is 3.27. The lowest BCUT2D eigenvalue weighted by atomic mass is 10.1. The van der Waals surface area contributed by atoms with Gasteiger partial charge in [0.1, 0.15) is 0 Å². The average Bonchev–Trinajstić information content (AvgIpc) is 3.46. The number of fused-ring (bicyclic) bond motifs is 1. The van der Waals surface area contributed by atoms with Crippen LogP contribution >= 0.6 is 11.6 Å². The van der Waals surface area contributed by atoms with E-state index in [-0.39, 0.29) is 5.91 Å². The third kappa shape index (κ3) is 3.27. The van der Waals surface area contributed by atoms with E-state index in [9.17, 15) is 4.79 Å². The van der Waals surface area contributed by atoms with E-state index in [1.807, 2.05) is 24.3 Å². The Hall–Kier alpha value is -4.11. The molecule has 0 unspecified atom stereocenters. The van der Waals surface area contributed by atoms with Crippen LogP contribution in [0.15, 0.2) is 73.7 Å². The van der Waals surface area contributed by atoms with E-state index >= 15 is 0 Å². The molecule has 30 heavy (non-hydrogen) atoms. The molecule has 1 aromatic carbocycles. The van der Waals surface area contributed by atoms with Crippen LogP contribution in [0, 0.1) is 0 Å². The molecule has 10 heteroatoms. The largest absolute Gasteiger partial charge is 0.320 e. The van der Waals surface area contributed by atoms with Crippen LogP contribution in [0.2, 0.25) is 5.02 Å². The Bertz CT molecular complexity index is 1360. The monoisotopic (exact) mass is 416 g/mol. The summed E-state index contributed by atoms with van der Waals surface area (Å²) in [6.07, 6.45) is 11.2. The molecule has 4 heterocycles. The van der Waals surface area contributed by atoms with Gasteiger partial charge in [0.15, 0.2) is 5.82 Å². The van der Waals surface area contributed by atoms with E-state index in [2.05, 4.69) is 30.6 Å². The second kappa shape index (κ2) is 7.37. The predicted molar refractivity (Wildman–Crippen MR) is 111 cm³/mol. The van der Waals surface area contributed by atoms with Crippen LogP contribution in [0.3, 0.4) is 0 Å². The fraction of sp³-hybridized carbons (Fsp3) is 0. The summed E-state index contributed by atoms with van der Waals surface area (Å²) in [6.45, 7) is 0. The molecule has 0 saturated carbocycles. The number of amides is 1. The number of carbonyl (C=O) groups excluding carboxylic acids is 1. The second-order valence-electron chi connectivity index (χ2n) is 6.36. The zero-order valence-electron chi connectivity index (χ0n) is 15.3. The SMILES string of the molecule is O=C(Nc1cnc(-n2nccn2)c(Cl)c1)c1cnn(-c2cncc3ccccc23)c1. The summed E-state index contributed by atoms with van der Waals surface area (Å²) in [6, 6.07) is 9.44. The highest BCUT2D eigenvalue weighted by molar-refractivity contribution is 6.32. The smallest absolute Gasteiger partial charge is 0.258 e. The van der Waals surface area contributed by atoms with Crippen molar-refractivity contribution < 1.29 is 4.79 Å². The molecule has 1 amide bonds. The number of pyridine rings is 2. The number of nitrogens with zero attached hydrogens (tertiary/aromatic N) is 7. The quantitative estimate of drug-likeness (QED) is 0.482. The number of nitrogens with one attached hydrogen (secondary N) is 1. The molecular weight excluding hydrogens is 404 g/mol. The van der Waals surface area contributed by atoms with Gasteiger partial charge in [-0.1, -0.05) is 35.9 Å². The Morgan fingerprint density at radius 2 is 1.83 bits per heavy atom. The number of halogens is 1. The van der Waals surface area contributed by atoms with Gasteiger partial charge in [-0.25, -0.2) is 9.67 Å². The Labute approximate surface area is 175 Å². The highest BCUT2D eigenvalue weighted by atomic mass is 35.5. The third-order valence-electron chi connectivity index (χ3n) is 4.43. The van der Waals surface area contributed by atoms with Gasteiger partial charge in [0, 0.05) is 23.2 Å². The molecule has 5 rings (SSSR count). The van der Waals surface area contributed by atoms with Gasteiger partial charge >= 0.3 is 0 Å². The number of hydrogen-bond donors (Lipinski definition) is 1. The van der Waals surface area contributed by atoms with Crippen LogP contribution in [-0.4, -0.2) is 40.6 Å². The van der Waals surface area contributed by atoms with Gasteiger partial charge in [0.2, 0.25) is 0 Å². The summed E-state index contributed by atoms with van der Waals surface area (Å²) in [5.74, 6) is 0.0354. The minimum Gasteiger partial charge on any atom is -0.320 e. The molecule has 0 fully saturated rings. The van der Waals surface area contributed by atoms with E-state index in [0.29, 0.717) is 22.1 Å². The highest BCUT2D eigenvalue weighted by Gasteiger charge is 2.13. The molecule has 0 radical (unpaired) electrons. The molecule has 0 saturated heterocycles. The van der Waals surface area contributed by atoms with E-state index in [1.165, 1.54) is 29.6 Å². The molecule has 0 atom stereocenters. The third-order valence-corrected chi connectivity index (χ3v) is 4.70. The Morgan fingerprint density at radius 3 is 2.67 bits per heavy atom. The summed E-state index contributed by atoms with van der Waals surface area (Å²) in [5.41, 5.74) is 1.62. The minimum atomic E-state index is -0.336. The maximum atomic E-state index is 12.7. The first-order chi connectivity index (χ1) is 14.7. The van der Waals surface area contributed by atoms with Crippen molar-refractivity contribution in [3.05, 3.63) is 84.3 Å².